The van der Waals surface area contributed by atoms with E-state index in [0.717, 1.165) is 6.42 Å². The van der Waals surface area contributed by atoms with Gasteiger partial charge in [0.2, 0.25) is 0 Å². The molecule has 0 atom stereocenters. The second-order valence-corrected chi connectivity index (χ2v) is 3.79. The molecule has 1 radical (unpaired) electrons. The molecule has 0 aliphatic heterocycles. The zero-order valence-electron chi connectivity index (χ0n) is 7.48. The number of hydrogen-bond donors (Lipinski definition) is 0. The Labute approximate surface area is 65.3 Å². The predicted molar refractivity (Wildman–Crippen MR) is 47.8 cm³/mol. The van der Waals surface area contributed by atoms with Gasteiger partial charge in [-0.05, 0) is 31.1 Å². The van der Waals surface area contributed by atoms with Gasteiger partial charge in [0.05, 0.1) is 0 Å². The van der Waals surface area contributed by atoms with Crippen molar-refractivity contribution in [2.45, 2.75) is 40.0 Å². The lowest BCUT2D eigenvalue weighted by molar-refractivity contribution is 0.468. The molecule has 0 amide bonds. The minimum atomic E-state index is 0.390. The Morgan fingerprint density at radius 3 is 2.20 bits per heavy atom. The molecule has 10 heavy (non-hydrogen) atoms. The van der Waals surface area contributed by atoms with Crippen LogP contribution in [0.1, 0.15) is 40.0 Å². The van der Waals surface area contributed by atoms with Gasteiger partial charge in [0.15, 0.2) is 0 Å². The van der Waals surface area contributed by atoms with Crippen molar-refractivity contribution in [2.75, 3.05) is 0 Å². The SMILES string of the molecule is C=CCCC[CH]C(C)(C)C. The minimum absolute atomic E-state index is 0.390. The standard InChI is InChI=1S/C10H19/c1-5-6-7-8-9-10(2,3)4/h5,9H,1,6-8H2,2-4H3. The van der Waals surface area contributed by atoms with E-state index in [1.807, 2.05) is 6.08 Å². The molecule has 0 aromatic heterocycles. The van der Waals surface area contributed by atoms with Crippen LogP contribution in [0.4, 0.5) is 0 Å². The van der Waals surface area contributed by atoms with Crippen LogP contribution in [0, 0.1) is 11.8 Å². The van der Waals surface area contributed by atoms with Crippen LogP contribution in [0.2, 0.25) is 0 Å². The molecule has 0 rings (SSSR count). The lowest BCUT2D eigenvalue weighted by Crippen LogP contribution is -2.04. The van der Waals surface area contributed by atoms with E-state index in [-0.39, 0.29) is 0 Å². The van der Waals surface area contributed by atoms with Gasteiger partial charge < -0.3 is 0 Å². The van der Waals surface area contributed by atoms with Crippen LogP contribution in [0.25, 0.3) is 0 Å². The van der Waals surface area contributed by atoms with Crippen molar-refractivity contribution >= 4 is 0 Å². The number of rotatable bonds is 4. The normalized spacial score (nSPS) is 11.5. The Balaban J connectivity index is 3.12. The van der Waals surface area contributed by atoms with Gasteiger partial charge >= 0.3 is 0 Å². The van der Waals surface area contributed by atoms with E-state index < -0.39 is 0 Å². The van der Waals surface area contributed by atoms with Gasteiger partial charge in [0.1, 0.15) is 0 Å². The van der Waals surface area contributed by atoms with Crippen molar-refractivity contribution in [3.8, 4) is 0 Å². The summed E-state index contributed by atoms with van der Waals surface area (Å²) in [4.78, 5) is 0. The van der Waals surface area contributed by atoms with E-state index in [1.54, 1.807) is 0 Å². The van der Waals surface area contributed by atoms with Crippen molar-refractivity contribution in [2.24, 2.45) is 5.41 Å². The molecule has 0 saturated carbocycles. The van der Waals surface area contributed by atoms with E-state index in [4.69, 9.17) is 0 Å². The zero-order valence-corrected chi connectivity index (χ0v) is 7.48. The van der Waals surface area contributed by atoms with Crippen LogP contribution >= 0.6 is 0 Å². The highest BCUT2D eigenvalue weighted by Gasteiger charge is 2.08. The van der Waals surface area contributed by atoms with Crippen molar-refractivity contribution in [1.82, 2.24) is 0 Å². The summed E-state index contributed by atoms with van der Waals surface area (Å²) in [5, 5.41) is 0. The molecule has 59 valence electrons. The lowest BCUT2D eigenvalue weighted by atomic mass is 9.89. The van der Waals surface area contributed by atoms with Crippen molar-refractivity contribution < 1.29 is 0 Å². The topological polar surface area (TPSA) is 0 Å². The molecule has 0 aromatic rings. The third-order valence-electron chi connectivity index (χ3n) is 1.37. The third-order valence-corrected chi connectivity index (χ3v) is 1.37. The lowest BCUT2D eigenvalue weighted by Gasteiger charge is -2.16. The zero-order chi connectivity index (χ0) is 8.04. The maximum atomic E-state index is 3.68. The first kappa shape index (κ1) is 9.74. The molecule has 0 spiro atoms. The van der Waals surface area contributed by atoms with Crippen molar-refractivity contribution in [3.05, 3.63) is 19.1 Å². The highest BCUT2D eigenvalue weighted by atomic mass is 14.1. The van der Waals surface area contributed by atoms with Crippen LogP contribution in [0.15, 0.2) is 12.7 Å². The average Bonchev–Trinajstić information content (AvgIpc) is 1.78. The Hall–Kier alpha value is -0.260. The first-order valence-corrected chi connectivity index (χ1v) is 4.01. The first-order valence-electron chi connectivity index (χ1n) is 4.01. The molecule has 0 heterocycles. The molecule has 0 aromatic carbocycles. The molecule has 0 aliphatic rings. The Bertz CT molecular complexity index is 84.7. The second kappa shape index (κ2) is 4.54. The summed E-state index contributed by atoms with van der Waals surface area (Å²) in [6.45, 7) is 10.4. The summed E-state index contributed by atoms with van der Waals surface area (Å²) in [7, 11) is 0. The minimum Gasteiger partial charge on any atom is -0.103 e. The van der Waals surface area contributed by atoms with E-state index >= 15 is 0 Å². The van der Waals surface area contributed by atoms with Gasteiger partial charge in [-0.3, -0.25) is 0 Å². The quantitative estimate of drug-likeness (QED) is 0.412. The maximum Gasteiger partial charge on any atom is -0.0332 e. The number of allylic oxidation sites excluding steroid dienone is 1. The molecule has 0 aliphatic carbocycles. The average molecular weight is 139 g/mol. The summed E-state index contributed by atoms with van der Waals surface area (Å²) in [6.07, 6.45) is 7.97. The Morgan fingerprint density at radius 1 is 1.20 bits per heavy atom. The molecule has 0 heteroatoms. The van der Waals surface area contributed by atoms with Crippen LogP contribution in [0.3, 0.4) is 0 Å². The van der Waals surface area contributed by atoms with Gasteiger partial charge in [-0.1, -0.05) is 26.8 Å². The fourth-order valence-corrected chi connectivity index (χ4v) is 0.797. The van der Waals surface area contributed by atoms with E-state index in [9.17, 15) is 0 Å². The Morgan fingerprint density at radius 2 is 1.80 bits per heavy atom. The Kier molecular flexibility index (Phi) is 4.42. The number of unbranched alkanes of at least 4 members (excludes halogenated alkanes) is 2. The summed E-state index contributed by atoms with van der Waals surface area (Å²) in [5.41, 5.74) is 0.390. The monoisotopic (exact) mass is 139 g/mol. The van der Waals surface area contributed by atoms with Gasteiger partial charge in [-0.2, -0.15) is 0 Å². The summed E-state index contributed by atoms with van der Waals surface area (Å²) < 4.78 is 0. The van der Waals surface area contributed by atoms with Crippen molar-refractivity contribution in [1.29, 1.82) is 0 Å². The van der Waals surface area contributed by atoms with Gasteiger partial charge in [-0.25, -0.2) is 0 Å². The third kappa shape index (κ3) is 7.74. The largest absolute Gasteiger partial charge is 0.103 e. The van der Waals surface area contributed by atoms with E-state index in [2.05, 4.69) is 33.8 Å². The molecule has 0 fully saturated rings. The number of hydrogen-bond acceptors (Lipinski definition) is 0. The summed E-state index contributed by atoms with van der Waals surface area (Å²) in [5.74, 6) is 0. The highest BCUT2D eigenvalue weighted by molar-refractivity contribution is 4.81. The fraction of sp³-hybridized carbons (Fsp3) is 0.700. The first-order chi connectivity index (χ1) is 4.56. The predicted octanol–water partition coefficient (Wildman–Crippen LogP) is 3.59. The molecular weight excluding hydrogens is 120 g/mol. The molecule has 0 unspecified atom stereocenters. The van der Waals surface area contributed by atoms with E-state index in [0.29, 0.717) is 5.41 Å². The van der Waals surface area contributed by atoms with Gasteiger partial charge in [0.25, 0.3) is 0 Å². The van der Waals surface area contributed by atoms with Gasteiger partial charge in [0, 0.05) is 0 Å². The molecule has 0 nitrogen and oxygen atoms in total. The van der Waals surface area contributed by atoms with Crippen LogP contribution in [-0.4, -0.2) is 0 Å². The molecule has 0 saturated heterocycles. The van der Waals surface area contributed by atoms with E-state index in [1.165, 1.54) is 12.8 Å². The smallest absolute Gasteiger partial charge is 0.0332 e. The molecular formula is C10H19. The van der Waals surface area contributed by atoms with Gasteiger partial charge in [-0.15, -0.1) is 6.58 Å². The fourth-order valence-electron chi connectivity index (χ4n) is 0.797. The molecule has 0 bridgehead atoms. The van der Waals surface area contributed by atoms with Crippen LogP contribution in [0.5, 0.6) is 0 Å². The highest BCUT2D eigenvalue weighted by Crippen LogP contribution is 2.20. The second-order valence-electron chi connectivity index (χ2n) is 3.79. The summed E-state index contributed by atoms with van der Waals surface area (Å²) >= 11 is 0. The van der Waals surface area contributed by atoms with Crippen molar-refractivity contribution in [3.63, 3.8) is 0 Å². The molecule has 0 N–H and O–H groups in total. The van der Waals surface area contributed by atoms with Crippen LogP contribution < -0.4 is 0 Å². The maximum absolute atomic E-state index is 3.68. The summed E-state index contributed by atoms with van der Waals surface area (Å²) in [6, 6.07) is 0. The van der Waals surface area contributed by atoms with Crippen LogP contribution in [-0.2, 0) is 0 Å².